The first-order valence-electron chi connectivity index (χ1n) is 7.32. The zero-order valence-corrected chi connectivity index (χ0v) is 12.6. The van der Waals surface area contributed by atoms with Gasteiger partial charge in [-0.25, -0.2) is 0 Å². The molecule has 104 valence electrons. The summed E-state index contributed by atoms with van der Waals surface area (Å²) >= 11 is 0. The first-order valence-corrected chi connectivity index (χ1v) is 7.32. The predicted octanol–water partition coefficient (Wildman–Crippen LogP) is 5.04. The monoisotopic (exact) mass is 274 g/mol. The van der Waals surface area contributed by atoms with Crippen molar-refractivity contribution in [2.24, 2.45) is 0 Å². The second kappa shape index (κ2) is 4.26. The van der Waals surface area contributed by atoms with E-state index in [1.54, 1.807) is 0 Å². The second-order valence-electron chi connectivity index (χ2n) is 5.81. The molecule has 0 saturated carbocycles. The molecule has 0 bridgehead atoms. The number of hydrogen-bond acceptors (Lipinski definition) is 0. The van der Waals surface area contributed by atoms with Crippen LogP contribution >= 0.6 is 0 Å². The van der Waals surface area contributed by atoms with Gasteiger partial charge in [0, 0.05) is 11.1 Å². The lowest BCUT2D eigenvalue weighted by atomic mass is 10.1. The Morgan fingerprint density at radius 1 is 0.810 bits per heavy atom. The number of nitrogens with zero attached hydrogens (tertiary/aromatic N) is 1. The van der Waals surface area contributed by atoms with Gasteiger partial charge in [0.2, 0.25) is 0 Å². The lowest BCUT2D eigenvalue weighted by Crippen LogP contribution is -1.99. The van der Waals surface area contributed by atoms with E-state index in [0.29, 0.717) is 0 Å². The van der Waals surface area contributed by atoms with Gasteiger partial charge in [-0.05, 0) is 44.0 Å². The van der Waals surface area contributed by atoms with Gasteiger partial charge in [0.1, 0.15) is 0 Å². The molecule has 21 heavy (non-hydrogen) atoms. The third-order valence-electron chi connectivity index (χ3n) is 4.25. The van der Waals surface area contributed by atoms with Crippen LogP contribution in [0.4, 0.5) is 0 Å². The number of fused-ring (bicyclic) bond motifs is 3. The molecule has 1 N–H and O–H groups in total. The lowest BCUT2D eigenvalue weighted by Gasteiger charge is -2.13. The molecule has 2 heterocycles. The number of rotatable bonds is 1. The largest absolute Gasteiger partial charge is 0.357 e. The summed E-state index contributed by atoms with van der Waals surface area (Å²) in [6.45, 7) is 6.48. The summed E-state index contributed by atoms with van der Waals surface area (Å²) in [7, 11) is 0. The molecule has 2 aromatic carbocycles. The summed E-state index contributed by atoms with van der Waals surface area (Å²) in [6, 6.07) is 17.3. The van der Waals surface area contributed by atoms with Gasteiger partial charge in [-0.2, -0.15) is 0 Å². The Kier molecular flexibility index (Phi) is 2.49. The van der Waals surface area contributed by atoms with Gasteiger partial charge in [0.05, 0.1) is 22.2 Å². The lowest BCUT2D eigenvalue weighted by molar-refractivity contribution is 1.12. The fourth-order valence-corrected chi connectivity index (χ4v) is 3.37. The van der Waals surface area contributed by atoms with Crippen molar-refractivity contribution in [2.45, 2.75) is 20.8 Å². The summed E-state index contributed by atoms with van der Waals surface area (Å²) in [5.41, 5.74) is 8.84. The first kappa shape index (κ1) is 12.3. The van der Waals surface area contributed by atoms with Crippen LogP contribution in [0.25, 0.3) is 27.6 Å². The van der Waals surface area contributed by atoms with Gasteiger partial charge in [-0.1, -0.05) is 36.4 Å². The molecule has 0 atom stereocenters. The molecule has 0 unspecified atom stereocenters. The molecule has 2 nitrogen and oxygen atoms in total. The minimum Gasteiger partial charge on any atom is -0.357 e. The predicted molar refractivity (Wildman–Crippen MR) is 89.3 cm³/mol. The maximum absolute atomic E-state index is 3.51. The van der Waals surface area contributed by atoms with Gasteiger partial charge in [0.15, 0.2) is 0 Å². The molecule has 0 saturated heterocycles. The Bertz CT molecular complexity index is 950. The molecule has 4 rings (SSSR count). The van der Waals surface area contributed by atoms with Crippen LogP contribution in [-0.2, 0) is 0 Å². The first-order chi connectivity index (χ1) is 10.2. The Morgan fingerprint density at radius 3 is 2.29 bits per heavy atom. The van der Waals surface area contributed by atoms with E-state index < -0.39 is 0 Å². The molecule has 2 aromatic heterocycles. The SMILES string of the molecule is Cc1cc2c([nH]1)c1ccccc1n2-c1c(C)cccc1C. The Morgan fingerprint density at radius 2 is 1.52 bits per heavy atom. The molecule has 0 aliphatic carbocycles. The summed E-state index contributed by atoms with van der Waals surface area (Å²) < 4.78 is 2.39. The number of para-hydroxylation sites is 2. The minimum atomic E-state index is 1.20. The smallest absolute Gasteiger partial charge is 0.0722 e. The van der Waals surface area contributed by atoms with Crippen LogP contribution in [-0.4, -0.2) is 9.55 Å². The highest BCUT2D eigenvalue weighted by atomic mass is 15.0. The van der Waals surface area contributed by atoms with Gasteiger partial charge < -0.3 is 9.55 Å². The van der Waals surface area contributed by atoms with Gasteiger partial charge in [-0.15, -0.1) is 0 Å². The Labute approximate surface area is 124 Å². The topological polar surface area (TPSA) is 20.7 Å². The minimum absolute atomic E-state index is 1.20. The summed E-state index contributed by atoms with van der Waals surface area (Å²) in [4.78, 5) is 3.51. The molecule has 2 heteroatoms. The van der Waals surface area contributed by atoms with E-state index in [1.165, 1.54) is 44.4 Å². The number of hydrogen-bond donors (Lipinski definition) is 1. The van der Waals surface area contributed by atoms with Crippen molar-refractivity contribution < 1.29 is 0 Å². The Balaban J connectivity index is 2.25. The fraction of sp³-hybridized carbons (Fsp3) is 0.158. The molecular formula is C19H18N2. The van der Waals surface area contributed by atoms with Crippen LogP contribution in [0.15, 0.2) is 48.5 Å². The molecule has 0 aliphatic rings. The number of benzene rings is 2. The van der Waals surface area contributed by atoms with Crippen molar-refractivity contribution in [3.05, 3.63) is 65.4 Å². The third kappa shape index (κ3) is 1.65. The van der Waals surface area contributed by atoms with Crippen molar-refractivity contribution >= 4 is 21.9 Å². The summed E-state index contributed by atoms with van der Waals surface area (Å²) in [5.74, 6) is 0. The zero-order chi connectivity index (χ0) is 14.6. The highest BCUT2D eigenvalue weighted by Gasteiger charge is 2.16. The molecule has 0 radical (unpaired) electrons. The average molecular weight is 274 g/mol. The van der Waals surface area contributed by atoms with E-state index in [-0.39, 0.29) is 0 Å². The fourth-order valence-electron chi connectivity index (χ4n) is 3.37. The van der Waals surface area contributed by atoms with E-state index in [9.17, 15) is 0 Å². The van der Waals surface area contributed by atoms with Gasteiger partial charge in [0.25, 0.3) is 0 Å². The van der Waals surface area contributed by atoms with Gasteiger partial charge in [-0.3, -0.25) is 0 Å². The van der Waals surface area contributed by atoms with Crippen LogP contribution in [0.3, 0.4) is 0 Å². The van der Waals surface area contributed by atoms with Crippen LogP contribution in [0.2, 0.25) is 0 Å². The number of aromatic nitrogens is 2. The molecule has 0 fully saturated rings. The highest BCUT2D eigenvalue weighted by molar-refractivity contribution is 6.07. The van der Waals surface area contributed by atoms with Crippen molar-refractivity contribution in [3.63, 3.8) is 0 Å². The molecule has 0 aliphatic heterocycles. The van der Waals surface area contributed by atoms with E-state index in [1.807, 2.05) is 0 Å². The highest BCUT2D eigenvalue weighted by Crippen LogP contribution is 2.34. The Hall–Kier alpha value is -2.48. The van der Waals surface area contributed by atoms with E-state index in [2.05, 4.69) is 78.9 Å². The normalized spacial score (nSPS) is 11.6. The standard InChI is InChI=1S/C19H18N2/c1-12-7-6-8-13(2)19(12)21-16-10-5-4-9-15(16)18-17(21)11-14(3)20-18/h4-11,20H,1-3H3. The van der Waals surface area contributed by atoms with Crippen LogP contribution in [0, 0.1) is 20.8 Å². The molecule has 0 amide bonds. The van der Waals surface area contributed by atoms with E-state index in [4.69, 9.17) is 0 Å². The summed E-state index contributed by atoms with van der Waals surface area (Å²) in [5, 5.41) is 1.28. The number of H-pyrrole nitrogens is 1. The quantitative estimate of drug-likeness (QED) is 0.502. The number of aromatic amines is 1. The summed E-state index contributed by atoms with van der Waals surface area (Å²) in [6.07, 6.45) is 0. The third-order valence-corrected chi connectivity index (χ3v) is 4.25. The van der Waals surface area contributed by atoms with E-state index >= 15 is 0 Å². The molecule has 4 aromatic rings. The number of nitrogens with one attached hydrogen (secondary N) is 1. The van der Waals surface area contributed by atoms with E-state index in [0.717, 1.165) is 0 Å². The van der Waals surface area contributed by atoms with Crippen molar-refractivity contribution in [2.75, 3.05) is 0 Å². The maximum atomic E-state index is 3.51. The average Bonchev–Trinajstić information content (AvgIpc) is 2.96. The zero-order valence-electron chi connectivity index (χ0n) is 12.6. The van der Waals surface area contributed by atoms with Crippen molar-refractivity contribution in [3.8, 4) is 5.69 Å². The molecular weight excluding hydrogens is 256 g/mol. The van der Waals surface area contributed by atoms with Crippen LogP contribution in [0.5, 0.6) is 0 Å². The number of aryl methyl sites for hydroxylation is 3. The van der Waals surface area contributed by atoms with Crippen LogP contribution in [0.1, 0.15) is 16.8 Å². The van der Waals surface area contributed by atoms with Crippen molar-refractivity contribution in [1.29, 1.82) is 0 Å². The second-order valence-corrected chi connectivity index (χ2v) is 5.81. The van der Waals surface area contributed by atoms with Gasteiger partial charge >= 0.3 is 0 Å². The van der Waals surface area contributed by atoms with Crippen molar-refractivity contribution in [1.82, 2.24) is 9.55 Å². The van der Waals surface area contributed by atoms with Crippen LogP contribution < -0.4 is 0 Å². The molecule has 0 spiro atoms. The maximum Gasteiger partial charge on any atom is 0.0722 e.